The molecule has 1 aliphatic rings. The quantitative estimate of drug-likeness (QED) is 0.452. The van der Waals surface area contributed by atoms with Crippen LogP contribution in [0.15, 0.2) is 0 Å². The first kappa shape index (κ1) is 6.20. The van der Waals surface area contributed by atoms with E-state index in [4.69, 9.17) is 0 Å². The summed E-state index contributed by atoms with van der Waals surface area (Å²) < 4.78 is 0.947. The van der Waals surface area contributed by atoms with Gasteiger partial charge >= 0.3 is 0 Å². The monoisotopic (exact) mass is 228 g/mol. The van der Waals surface area contributed by atoms with Crippen molar-refractivity contribution in [1.82, 2.24) is 0 Å². The fraction of sp³-hybridized carbons (Fsp3) is 1.00. The summed E-state index contributed by atoms with van der Waals surface area (Å²) in [6.45, 7) is 2.33. The van der Waals surface area contributed by atoms with Gasteiger partial charge in [-0.1, -0.05) is 29.5 Å². The Morgan fingerprint density at radius 3 is 2.43 bits per heavy atom. The second-order valence-electron chi connectivity index (χ2n) is 2.03. The standard InChI is InChI=1S/C5H9IS/c1-4-2-7-3-5(4)6/h4-5H,2-3H2,1H3/t4-,5-/m1/s1. The Morgan fingerprint density at radius 1 is 1.57 bits per heavy atom. The maximum atomic E-state index is 2.54. The zero-order chi connectivity index (χ0) is 5.28. The molecule has 0 nitrogen and oxygen atoms in total. The lowest BCUT2D eigenvalue weighted by molar-refractivity contribution is 0.704. The summed E-state index contributed by atoms with van der Waals surface area (Å²) in [5.74, 6) is 3.72. The van der Waals surface area contributed by atoms with Crippen LogP contribution in [-0.2, 0) is 0 Å². The van der Waals surface area contributed by atoms with Gasteiger partial charge in [-0.15, -0.1) is 0 Å². The molecular formula is C5H9IS. The molecule has 0 N–H and O–H groups in total. The summed E-state index contributed by atoms with van der Waals surface area (Å²) in [6.07, 6.45) is 0. The molecule has 7 heavy (non-hydrogen) atoms. The van der Waals surface area contributed by atoms with Crippen LogP contribution in [0, 0.1) is 5.92 Å². The summed E-state index contributed by atoms with van der Waals surface area (Å²) in [5.41, 5.74) is 0. The van der Waals surface area contributed by atoms with Gasteiger partial charge < -0.3 is 0 Å². The Kier molecular flexibility index (Phi) is 2.28. The Balaban J connectivity index is 2.33. The average Bonchev–Trinajstić information content (AvgIpc) is 1.91. The lowest BCUT2D eigenvalue weighted by Gasteiger charge is -2.01. The third kappa shape index (κ3) is 1.49. The number of hydrogen-bond donors (Lipinski definition) is 0. The van der Waals surface area contributed by atoms with E-state index in [2.05, 4.69) is 41.3 Å². The van der Waals surface area contributed by atoms with Crippen LogP contribution in [0.25, 0.3) is 0 Å². The SMILES string of the molecule is C[C@@H]1CSC[C@H]1I. The van der Waals surface area contributed by atoms with Gasteiger partial charge in [-0.25, -0.2) is 0 Å². The lowest BCUT2D eigenvalue weighted by atomic mass is 10.2. The summed E-state index contributed by atoms with van der Waals surface area (Å²) >= 11 is 4.62. The highest BCUT2D eigenvalue weighted by Crippen LogP contribution is 2.29. The molecule has 1 saturated heterocycles. The zero-order valence-corrected chi connectivity index (χ0v) is 7.33. The molecule has 1 aliphatic heterocycles. The largest absolute Gasteiger partial charge is 0.161 e. The first-order valence-electron chi connectivity index (χ1n) is 2.52. The molecule has 1 fully saturated rings. The van der Waals surface area contributed by atoms with Crippen molar-refractivity contribution in [2.45, 2.75) is 10.8 Å². The van der Waals surface area contributed by atoms with Crippen LogP contribution in [0.2, 0.25) is 0 Å². The third-order valence-corrected chi connectivity index (χ3v) is 4.90. The van der Waals surface area contributed by atoms with E-state index in [9.17, 15) is 0 Å². The molecule has 0 radical (unpaired) electrons. The van der Waals surface area contributed by atoms with Crippen molar-refractivity contribution in [3.8, 4) is 0 Å². The summed E-state index contributed by atoms with van der Waals surface area (Å²) in [5, 5.41) is 0. The van der Waals surface area contributed by atoms with Crippen molar-refractivity contribution in [1.29, 1.82) is 0 Å². The first-order chi connectivity index (χ1) is 3.30. The molecule has 0 aliphatic carbocycles. The van der Waals surface area contributed by atoms with E-state index in [0.29, 0.717) is 0 Å². The number of alkyl halides is 1. The Hall–Kier alpha value is 1.08. The maximum Gasteiger partial charge on any atom is 0.0234 e. The highest BCUT2D eigenvalue weighted by atomic mass is 127. The van der Waals surface area contributed by atoms with Crippen molar-refractivity contribution in [3.05, 3.63) is 0 Å². The molecule has 2 atom stereocenters. The van der Waals surface area contributed by atoms with Crippen LogP contribution in [0.1, 0.15) is 6.92 Å². The fourth-order valence-electron chi connectivity index (χ4n) is 0.635. The number of thioether (sulfide) groups is 1. The third-order valence-electron chi connectivity index (χ3n) is 1.28. The van der Waals surface area contributed by atoms with E-state index in [-0.39, 0.29) is 0 Å². The molecule has 0 spiro atoms. The van der Waals surface area contributed by atoms with Gasteiger partial charge in [0.15, 0.2) is 0 Å². The van der Waals surface area contributed by atoms with E-state index in [1.54, 1.807) is 0 Å². The van der Waals surface area contributed by atoms with E-state index >= 15 is 0 Å². The van der Waals surface area contributed by atoms with Crippen LogP contribution in [0.3, 0.4) is 0 Å². The summed E-state index contributed by atoms with van der Waals surface area (Å²) in [7, 11) is 0. The molecule has 0 unspecified atom stereocenters. The van der Waals surface area contributed by atoms with Crippen molar-refractivity contribution in [2.24, 2.45) is 5.92 Å². The minimum atomic E-state index is 0.947. The van der Waals surface area contributed by atoms with E-state index in [1.165, 1.54) is 11.5 Å². The first-order valence-corrected chi connectivity index (χ1v) is 4.92. The molecule has 0 amide bonds. The van der Waals surface area contributed by atoms with Crippen LogP contribution >= 0.6 is 34.4 Å². The molecule has 0 bridgehead atoms. The molecule has 0 aromatic rings. The molecule has 2 heteroatoms. The second kappa shape index (κ2) is 2.58. The van der Waals surface area contributed by atoms with Gasteiger partial charge in [-0.05, 0) is 11.7 Å². The Labute approximate surface area is 62.6 Å². The molecule has 42 valence electrons. The van der Waals surface area contributed by atoms with Crippen LogP contribution in [-0.4, -0.2) is 15.4 Å². The lowest BCUT2D eigenvalue weighted by Crippen LogP contribution is -2.04. The zero-order valence-electron chi connectivity index (χ0n) is 4.36. The van der Waals surface area contributed by atoms with Crippen molar-refractivity contribution < 1.29 is 0 Å². The molecule has 0 saturated carbocycles. The summed E-state index contributed by atoms with van der Waals surface area (Å²) in [4.78, 5) is 0. The van der Waals surface area contributed by atoms with Gasteiger partial charge in [0.2, 0.25) is 0 Å². The predicted molar refractivity (Wildman–Crippen MR) is 44.3 cm³/mol. The van der Waals surface area contributed by atoms with Crippen molar-refractivity contribution in [2.75, 3.05) is 11.5 Å². The van der Waals surface area contributed by atoms with Gasteiger partial charge in [0.05, 0.1) is 0 Å². The Morgan fingerprint density at radius 2 is 2.29 bits per heavy atom. The topological polar surface area (TPSA) is 0 Å². The smallest absolute Gasteiger partial charge is 0.0234 e. The average molecular weight is 228 g/mol. The van der Waals surface area contributed by atoms with E-state index < -0.39 is 0 Å². The molecule has 0 aromatic heterocycles. The minimum Gasteiger partial charge on any atom is -0.161 e. The minimum absolute atomic E-state index is 0.947. The molecule has 1 heterocycles. The summed E-state index contributed by atoms with van der Waals surface area (Å²) in [6, 6.07) is 0. The maximum absolute atomic E-state index is 2.54. The van der Waals surface area contributed by atoms with E-state index in [1.807, 2.05) is 0 Å². The van der Waals surface area contributed by atoms with Gasteiger partial charge in [0, 0.05) is 9.68 Å². The molecule has 0 aromatic carbocycles. The Bertz CT molecular complexity index is 57.1. The van der Waals surface area contributed by atoms with Gasteiger partial charge in [-0.2, -0.15) is 11.8 Å². The van der Waals surface area contributed by atoms with Crippen LogP contribution < -0.4 is 0 Å². The number of halogens is 1. The highest BCUT2D eigenvalue weighted by molar-refractivity contribution is 14.1. The van der Waals surface area contributed by atoms with Gasteiger partial charge in [0.1, 0.15) is 0 Å². The molecular weight excluding hydrogens is 219 g/mol. The van der Waals surface area contributed by atoms with E-state index in [0.717, 1.165) is 9.84 Å². The van der Waals surface area contributed by atoms with Gasteiger partial charge in [0.25, 0.3) is 0 Å². The highest BCUT2D eigenvalue weighted by Gasteiger charge is 2.19. The predicted octanol–water partition coefficient (Wildman–Crippen LogP) is 2.17. The van der Waals surface area contributed by atoms with Gasteiger partial charge in [-0.3, -0.25) is 0 Å². The van der Waals surface area contributed by atoms with Crippen LogP contribution in [0.4, 0.5) is 0 Å². The van der Waals surface area contributed by atoms with Crippen molar-refractivity contribution >= 4 is 34.4 Å². The van der Waals surface area contributed by atoms with Crippen molar-refractivity contribution in [3.63, 3.8) is 0 Å². The normalized spacial score (nSPS) is 42.0. The van der Waals surface area contributed by atoms with Crippen LogP contribution in [0.5, 0.6) is 0 Å². The second-order valence-corrected chi connectivity index (χ2v) is 4.71. The molecule has 1 rings (SSSR count). The number of hydrogen-bond acceptors (Lipinski definition) is 1. The fourth-order valence-corrected chi connectivity index (χ4v) is 3.29. The number of rotatable bonds is 0.